The van der Waals surface area contributed by atoms with E-state index in [9.17, 15) is 31.6 Å². The van der Waals surface area contributed by atoms with Crippen LogP contribution in [-0.4, -0.2) is 65.8 Å². The number of hydrogen-bond acceptors (Lipinski definition) is 7. The SMILES string of the molecule is CC(C)C(=O)OC1C2CC3C(C(=O)N(C(C)C)C31)C2C(=O)OCC(F)(F)S(=O)(=O)O. The number of halogens is 2. The Kier molecular flexibility index (Phi) is 5.64. The maximum Gasteiger partial charge on any atom is 0.402 e. The fraction of sp³-hybridized carbons (Fsp3) is 0.833. The fourth-order valence-electron chi connectivity index (χ4n) is 5.02. The van der Waals surface area contributed by atoms with Gasteiger partial charge >= 0.3 is 27.3 Å². The van der Waals surface area contributed by atoms with Crippen LogP contribution in [0.5, 0.6) is 0 Å². The topological polar surface area (TPSA) is 127 Å². The first-order valence-corrected chi connectivity index (χ1v) is 11.2. The van der Waals surface area contributed by atoms with Gasteiger partial charge < -0.3 is 14.4 Å². The second-order valence-electron chi connectivity index (χ2n) is 8.72. The lowest BCUT2D eigenvalue weighted by molar-refractivity contribution is -0.168. The molecule has 9 nitrogen and oxygen atoms in total. The lowest BCUT2D eigenvalue weighted by Gasteiger charge is -2.35. The Balaban J connectivity index is 1.87. The lowest BCUT2D eigenvalue weighted by atomic mass is 9.78. The molecule has 6 unspecified atom stereocenters. The molecule has 0 radical (unpaired) electrons. The zero-order chi connectivity index (χ0) is 22.8. The minimum absolute atomic E-state index is 0.229. The summed E-state index contributed by atoms with van der Waals surface area (Å²) in [4.78, 5) is 39.4. The predicted octanol–water partition coefficient (Wildman–Crippen LogP) is 1.08. The average molecular weight is 453 g/mol. The van der Waals surface area contributed by atoms with Crippen molar-refractivity contribution in [3.63, 3.8) is 0 Å². The molecule has 3 fully saturated rings. The van der Waals surface area contributed by atoms with Crippen molar-refractivity contribution >= 4 is 28.0 Å². The van der Waals surface area contributed by atoms with Gasteiger partial charge in [0.05, 0.1) is 23.8 Å². The molecule has 0 spiro atoms. The maximum absolute atomic E-state index is 13.5. The van der Waals surface area contributed by atoms with Gasteiger partial charge in [0.1, 0.15) is 6.10 Å². The molecular formula is C18H25F2NO8S. The molecule has 1 N–H and O–H groups in total. The van der Waals surface area contributed by atoms with Crippen molar-refractivity contribution in [3.05, 3.63) is 0 Å². The Morgan fingerprint density at radius 2 is 1.83 bits per heavy atom. The highest BCUT2D eigenvalue weighted by molar-refractivity contribution is 7.86. The fourth-order valence-corrected chi connectivity index (χ4v) is 5.23. The van der Waals surface area contributed by atoms with Gasteiger partial charge in [-0.2, -0.15) is 17.2 Å². The summed E-state index contributed by atoms with van der Waals surface area (Å²) in [5.41, 5.74) is 0. The summed E-state index contributed by atoms with van der Waals surface area (Å²) in [7, 11) is -5.76. The van der Waals surface area contributed by atoms with Crippen molar-refractivity contribution < 1.29 is 45.6 Å². The lowest BCUT2D eigenvalue weighted by Crippen LogP contribution is -2.49. The molecule has 0 aromatic rings. The van der Waals surface area contributed by atoms with Gasteiger partial charge in [-0.3, -0.25) is 18.9 Å². The van der Waals surface area contributed by atoms with E-state index in [1.165, 1.54) is 0 Å². The van der Waals surface area contributed by atoms with E-state index >= 15 is 0 Å². The van der Waals surface area contributed by atoms with E-state index in [-0.39, 0.29) is 17.9 Å². The molecule has 3 rings (SSSR count). The number of likely N-dealkylation sites (tertiary alicyclic amines) is 1. The number of carbonyl (C=O) groups is 3. The summed E-state index contributed by atoms with van der Waals surface area (Å²) in [5.74, 6) is -5.29. The standard InChI is InChI=1S/C18H25F2NO8S/c1-7(2)16(23)29-14-10-5-9-11(15(22)21(8(3)4)13(9)14)12(10)17(24)28-6-18(19,20)30(25,26)27/h7-14H,5-6H2,1-4H3,(H,25,26,27). The molecule has 1 amide bonds. The first-order chi connectivity index (χ1) is 13.7. The first kappa shape index (κ1) is 22.9. The predicted molar refractivity (Wildman–Crippen MR) is 96.5 cm³/mol. The third-order valence-corrected chi connectivity index (χ3v) is 7.10. The number of carbonyl (C=O) groups excluding carboxylic acids is 3. The van der Waals surface area contributed by atoms with Crippen LogP contribution in [0.1, 0.15) is 34.1 Å². The summed E-state index contributed by atoms with van der Waals surface area (Å²) in [5, 5.41) is -4.67. The summed E-state index contributed by atoms with van der Waals surface area (Å²) in [6, 6.07) is -0.633. The second-order valence-corrected chi connectivity index (χ2v) is 10.3. The molecule has 1 heterocycles. The molecule has 2 bridgehead atoms. The molecule has 0 aromatic heterocycles. The van der Waals surface area contributed by atoms with Crippen LogP contribution >= 0.6 is 0 Å². The molecule has 30 heavy (non-hydrogen) atoms. The van der Waals surface area contributed by atoms with Crippen LogP contribution in [0.2, 0.25) is 0 Å². The molecule has 2 aliphatic carbocycles. The Morgan fingerprint density at radius 3 is 2.33 bits per heavy atom. The zero-order valence-corrected chi connectivity index (χ0v) is 17.8. The smallest absolute Gasteiger partial charge is 0.402 e. The van der Waals surface area contributed by atoms with Crippen molar-refractivity contribution in [2.24, 2.45) is 29.6 Å². The third-order valence-electron chi connectivity index (χ3n) is 6.22. The van der Waals surface area contributed by atoms with Crippen LogP contribution in [0, 0.1) is 29.6 Å². The van der Waals surface area contributed by atoms with Crippen molar-refractivity contribution in [2.75, 3.05) is 6.61 Å². The van der Waals surface area contributed by atoms with Gasteiger partial charge in [0.15, 0.2) is 6.61 Å². The van der Waals surface area contributed by atoms with Crippen LogP contribution in [0.15, 0.2) is 0 Å². The van der Waals surface area contributed by atoms with Crippen LogP contribution in [0.3, 0.4) is 0 Å². The minimum atomic E-state index is -5.76. The van der Waals surface area contributed by atoms with E-state index in [1.807, 2.05) is 0 Å². The van der Waals surface area contributed by atoms with Gasteiger partial charge in [-0.05, 0) is 26.2 Å². The molecule has 12 heteroatoms. The number of amides is 1. The number of nitrogens with zero attached hydrogens (tertiary/aromatic N) is 1. The van der Waals surface area contributed by atoms with E-state index in [2.05, 4.69) is 4.74 Å². The number of alkyl halides is 2. The van der Waals surface area contributed by atoms with Gasteiger partial charge in [0.2, 0.25) is 5.91 Å². The van der Waals surface area contributed by atoms with Gasteiger partial charge in [-0.25, -0.2) is 0 Å². The average Bonchev–Trinajstić information content (AvgIpc) is 3.20. The first-order valence-electron chi connectivity index (χ1n) is 9.73. The number of ether oxygens (including phenoxy) is 2. The zero-order valence-electron chi connectivity index (χ0n) is 16.9. The number of esters is 2. The van der Waals surface area contributed by atoms with Gasteiger partial charge in [0, 0.05) is 12.0 Å². The van der Waals surface area contributed by atoms with Crippen LogP contribution in [0.4, 0.5) is 8.78 Å². The van der Waals surface area contributed by atoms with E-state index in [1.54, 1.807) is 32.6 Å². The van der Waals surface area contributed by atoms with E-state index < -0.39 is 69.7 Å². The Morgan fingerprint density at radius 1 is 1.23 bits per heavy atom. The number of rotatable bonds is 7. The molecular weight excluding hydrogens is 428 g/mol. The maximum atomic E-state index is 13.5. The highest BCUT2D eigenvalue weighted by atomic mass is 32.2. The quantitative estimate of drug-likeness (QED) is 0.448. The summed E-state index contributed by atoms with van der Waals surface area (Å²) in [6.45, 7) is 4.99. The summed E-state index contributed by atoms with van der Waals surface area (Å²) < 4.78 is 67.2. The van der Waals surface area contributed by atoms with Crippen molar-refractivity contribution in [1.29, 1.82) is 0 Å². The summed E-state index contributed by atoms with van der Waals surface area (Å²) in [6.07, 6.45) is -0.399. The van der Waals surface area contributed by atoms with E-state index in [4.69, 9.17) is 9.29 Å². The molecule has 2 saturated carbocycles. The molecule has 3 aliphatic rings. The molecule has 170 valence electrons. The van der Waals surface area contributed by atoms with Gasteiger partial charge in [-0.15, -0.1) is 0 Å². The Labute approximate surface area is 172 Å². The molecule has 1 saturated heterocycles. The number of hydrogen-bond donors (Lipinski definition) is 1. The second kappa shape index (κ2) is 7.40. The highest BCUT2D eigenvalue weighted by Gasteiger charge is 2.71. The Bertz CT molecular complexity index is 858. The largest absolute Gasteiger partial charge is 0.460 e. The normalized spacial score (nSPS) is 33.0. The highest BCUT2D eigenvalue weighted by Crippen LogP contribution is 2.60. The van der Waals surface area contributed by atoms with Gasteiger partial charge in [0.25, 0.3) is 0 Å². The van der Waals surface area contributed by atoms with Crippen molar-refractivity contribution in [3.8, 4) is 0 Å². The van der Waals surface area contributed by atoms with Crippen LogP contribution in [-0.2, 0) is 34.0 Å². The Hall–Kier alpha value is -1.82. The van der Waals surface area contributed by atoms with Crippen LogP contribution in [0.25, 0.3) is 0 Å². The van der Waals surface area contributed by atoms with Crippen molar-refractivity contribution in [2.45, 2.75) is 57.6 Å². The molecule has 0 aromatic carbocycles. The number of fused-ring (bicyclic) bond motifs is 1. The monoisotopic (exact) mass is 453 g/mol. The van der Waals surface area contributed by atoms with E-state index in [0.29, 0.717) is 6.42 Å². The third kappa shape index (κ3) is 3.47. The summed E-state index contributed by atoms with van der Waals surface area (Å²) >= 11 is 0. The molecule has 1 aliphatic heterocycles. The molecule has 6 atom stereocenters. The van der Waals surface area contributed by atoms with Crippen molar-refractivity contribution in [1.82, 2.24) is 4.90 Å². The van der Waals surface area contributed by atoms with Crippen LogP contribution < -0.4 is 0 Å². The minimum Gasteiger partial charge on any atom is -0.460 e. The van der Waals surface area contributed by atoms with Gasteiger partial charge in [-0.1, -0.05) is 13.8 Å². The van der Waals surface area contributed by atoms with E-state index in [0.717, 1.165) is 0 Å².